The van der Waals surface area contributed by atoms with E-state index in [4.69, 9.17) is 4.42 Å². The van der Waals surface area contributed by atoms with Crippen molar-refractivity contribution in [2.75, 3.05) is 23.3 Å². The molecule has 7 heteroatoms. The van der Waals surface area contributed by atoms with Crippen LogP contribution in [0.25, 0.3) is 11.3 Å². The Morgan fingerprint density at radius 1 is 1.12 bits per heavy atom. The number of rotatable bonds is 4. The number of hydrogen-bond donors (Lipinski definition) is 1. The molecule has 1 aliphatic rings. The van der Waals surface area contributed by atoms with Crippen molar-refractivity contribution in [3.05, 3.63) is 48.5 Å². The molecule has 1 saturated heterocycles. The van der Waals surface area contributed by atoms with Gasteiger partial charge in [-0.05, 0) is 31.0 Å². The minimum absolute atomic E-state index is 0.333. The van der Waals surface area contributed by atoms with Crippen molar-refractivity contribution in [1.29, 1.82) is 5.26 Å². The van der Waals surface area contributed by atoms with Crippen LogP contribution in [0.2, 0.25) is 0 Å². The van der Waals surface area contributed by atoms with Gasteiger partial charge in [0.2, 0.25) is 5.95 Å². The summed E-state index contributed by atoms with van der Waals surface area (Å²) in [6, 6.07) is 10.3. The zero-order valence-electron chi connectivity index (χ0n) is 13.5. The zero-order valence-corrected chi connectivity index (χ0v) is 13.5. The van der Waals surface area contributed by atoms with Gasteiger partial charge in [-0.15, -0.1) is 0 Å². The Bertz CT molecular complexity index is 910. The molecule has 0 amide bonds. The first-order valence-corrected chi connectivity index (χ1v) is 8.12. The molecule has 3 heterocycles. The maximum atomic E-state index is 9.53. The summed E-state index contributed by atoms with van der Waals surface area (Å²) >= 11 is 0. The van der Waals surface area contributed by atoms with Gasteiger partial charge >= 0.3 is 6.01 Å². The highest BCUT2D eigenvalue weighted by Gasteiger charge is 2.16. The average molecular weight is 332 g/mol. The van der Waals surface area contributed by atoms with Gasteiger partial charge in [0.05, 0.1) is 23.1 Å². The topological polar surface area (TPSA) is 90.9 Å². The highest BCUT2D eigenvalue weighted by molar-refractivity contribution is 5.70. The number of hydrogen-bond acceptors (Lipinski definition) is 7. The van der Waals surface area contributed by atoms with Gasteiger partial charge < -0.3 is 9.32 Å². The smallest absolute Gasteiger partial charge is 0.301 e. The first kappa shape index (κ1) is 15.1. The van der Waals surface area contributed by atoms with Crippen LogP contribution in [-0.2, 0) is 0 Å². The van der Waals surface area contributed by atoms with Crippen LogP contribution in [0.15, 0.2) is 47.3 Å². The fraction of sp³-hybridized carbons (Fsp3) is 0.222. The van der Waals surface area contributed by atoms with E-state index < -0.39 is 0 Å². The van der Waals surface area contributed by atoms with Crippen LogP contribution in [0.1, 0.15) is 18.4 Å². The molecule has 0 saturated carbocycles. The van der Waals surface area contributed by atoms with Crippen LogP contribution in [-0.4, -0.2) is 28.0 Å². The third-order valence-corrected chi connectivity index (χ3v) is 4.17. The van der Waals surface area contributed by atoms with Crippen LogP contribution >= 0.6 is 0 Å². The molecule has 0 spiro atoms. The van der Waals surface area contributed by atoms with Gasteiger partial charge in [-0.3, -0.25) is 5.32 Å². The normalized spacial score (nSPS) is 13.6. The summed E-state index contributed by atoms with van der Waals surface area (Å²) in [6.45, 7) is 2.01. The Balaban J connectivity index is 1.64. The Hall–Kier alpha value is -3.40. The number of nitrogens with zero attached hydrogens (tertiary/aromatic N) is 5. The van der Waals surface area contributed by atoms with Crippen molar-refractivity contribution in [1.82, 2.24) is 15.0 Å². The molecule has 4 rings (SSSR count). The monoisotopic (exact) mass is 332 g/mol. The summed E-state index contributed by atoms with van der Waals surface area (Å²) in [4.78, 5) is 14.9. The van der Waals surface area contributed by atoms with E-state index in [2.05, 4.69) is 31.2 Å². The van der Waals surface area contributed by atoms with Crippen molar-refractivity contribution < 1.29 is 4.42 Å². The Morgan fingerprint density at radius 2 is 2.00 bits per heavy atom. The molecule has 0 atom stereocenters. The molecule has 0 bridgehead atoms. The quantitative estimate of drug-likeness (QED) is 0.783. The predicted octanol–water partition coefficient (Wildman–Crippen LogP) is 3.35. The second-order valence-electron chi connectivity index (χ2n) is 5.77. The first-order chi connectivity index (χ1) is 12.3. The van der Waals surface area contributed by atoms with Gasteiger partial charge in [0.1, 0.15) is 12.3 Å². The lowest BCUT2D eigenvalue weighted by atomic mass is 10.1. The zero-order chi connectivity index (χ0) is 17.1. The molecular formula is C18H16N6O. The van der Waals surface area contributed by atoms with Crippen LogP contribution in [0.5, 0.6) is 0 Å². The van der Waals surface area contributed by atoms with E-state index in [1.54, 1.807) is 12.4 Å². The Labute approximate surface area is 145 Å². The van der Waals surface area contributed by atoms with Gasteiger partial charge in [-0.1, -0.05) is 6.07 Å². The SMILES string of the molecule is N#Cc1cc(-c2ccnc(Nc3ncco3)n2)ccc1N1CCCC1. The fourth-order valence-electron chi connectivity index (χ4n) is 2.98. The van der Waals surface area contributed by atoms with Crippen LogP contribution < -0.4 is 10.2 Å². The van der Waals surface area contributed by atoms with Crippen LogP contribution in [0.3, 0.4) is 0 Å². The van der Waals surface area contributed by atoms with Gasteiger partial charge in [0.15, 0.2) is 0 Å². The number of anilines is 3. The molecule has 124 valence electrons. The van der Waals surface area contributed by atoms with Crippen molar-refractivity contribution >= 4 is 17.7 Å². The summed E-state index contributed by atoms with van der Waals surface area (Å²) in [6.07, 6.45) is 7.03. The molecule has 25 heavy (non-hydrogen) atoms. The van der Waals surface area contributed by atoms with E-state index in [0.29, 0.717) is 17.5 Å². The minimum atomic E-state index is 0.333. The van der Waals surface area contributed by atoms with E-state index in [1.165, 1.54) is 19.1 Å². The van der Waals surface area contributed by atoms with Crippen LogP contribution in [0, 0.1) is 11.3 Å². The molecule has 1 aliphatic heterocycles. The minimum Gasteiger partial charge on any atom is -0.432 e. The number of aromatic nitrogens is 3. The highest BCUT2D eigenvalue weighted by Crippen LogP contribution is 2.29. The molecular weight excluding hydrogens is 316 g/mol. The number of nitriles is 1. The van der Waals surface area contributed by atoms with E-state index >= 15 is 0 Å². The number of benzene rings is 1. The molecule has 0 unspecified atom stereocenters. The van der Waals surface area contributed by atoms with Gasteiger partial charge in [0.25, 0.3) is 0 Å². The first-order valence-electron chi connectivity index (χ1n) is 8.12. The van der Waals surface area contributed by atoms with E-state index in [1.807, 2.05) is 24.3 Å². The summed E-state index contributed by atoms with van der Waals surface area (Å²) < 4.78 is 5.14. The lowest BCUT2D eigenvalue weighted by Crippen LogP contribution is -2.18. The van der Waals surface area contributed by atoms with Gasteiger partial charge in [0, 0.05) is 24.8 Å². The maximum absolute atomic E-state index is 9.53. The largest absolute Gasteiger partial charge is 0.432 e. The standard InChI is InChI=1S/C18H16N6O/c19-12-14-11-13(3-4-16(14)24-8-1-2-9-24)15-5-6-20-17(22-15)23-18-21-7-10-25-18/h3-7,10-11H,1-2,8-9H2,(H,20,21,22,23). The summed E-state index contributed by atoms with van der Waals surface area (Å²) in [5, 5.41) is 12.4. The molecule has 0 radical (unpaired) electrons. The lowest BCUT2D eigenvalue weighted by Gasteiger charge is -2.19. The summed E-state index contributed by atoms with van der Waals surface area (Å²) in [5.41, 5.74) is 3.27. The third kappa shape index (κ3) is 3.15. The van der Waals surface area contributed by atoms with Crippen molar-refractivity contribution in [3.8, 4) is 17.3 Å². The Kier molecular flexibility index (Phi) is 4.01. The molecule has 1 N–H and O–H groups in total. The molecule has 2 aromatic heterocycles. The van der Waals surface area contributed by atoms with Gasteiger partial charge in [-0.2, -0.15) is 5.26 Å². The molecule has 3 aromatic rings. The fourth-order valence-corrected chi connectivity index (χ4v) is 2.98. The van der Waals surface area contributed by atoms with E-state index in [-0.39, 0.29) is 0 Å². The molecule has 0 aliphatic carbocycles. The van der Waals surface area contributed by atoms with Crippen LogP contribution in [0.4, 0.5) is 17.7 Å². The molecule has 1 aromatic carbocycles. The van der Waals surface area contributed by atoms with Crippen molar-refractivity contribution in [3.63, 3.8) is 0 Å². The highest BCUT2D eigenvalue weighted by atomic mass is 16.4. The lowest BCUT2D eigenvalue weighted by molar-refractivity contribution is 0.577. The maximum Gasteiger partial charge on any atom is 0.301 e. The number of oxazole rings is 1. The average Bonchev–Trinajstić information content (AvgIpc) is 3.35. The molecule has 1 fully saturated rings. The van der Waals surface area contributed by atoms with E-state index in [9.17, 15) is 5.26 Å². The summed E-state index contributed by atoms with van der Waals surface area (Å²) in [7, 11) is 0. The Morgan fingerprint density at radius 3 is 2.76 bits per heavy atom. The van der Waals surface area contributed by atoms with Crippen molar-refractivity contribution in [2.45, 2.75) is 12.8 Å². The van der Waals surface area contributed by atoms with Gasteiger partial charge in [-0.25, -0.2) is 15.0 Å². The predicted molar refractivity (Wildman–Crippen MR) is 93.4 cm³/mol. The second-order valence-corrected chi connectivity index (χ2v) is 5.77. The third-order valence-electron chi connectivity index (χ3n) is 4.17. The summed E-state index contributed by atoms with van der Waals surface area (Å²) in [5.74, 6) is 0.391. The molecule has 7 nitrogen and oxygen atoms in total. The van der Waals surface area contributed by atoms with E-state index in [0.717, 1.165) is 30.0 Å². The van der Waals surface area contributed by atoms with Crippen molar-refractivity contribution in [2.24, 2.45) is 0 Å². The number of nitrogens with one attached hydrogen (secondary N) is 1. The second kappa shape index (κ2) is 6.61.